The van der Waals surface area contributed by atoms with Crippen LogP contribution in [0.25, 0.3) is 0 Å². The van der Waals surface area contributed by atoms with Gasteiger partial charge in [0.1, 0.15) is 6.61 Å². The van der Waals surface area contributed by atoms with E-state index in [1.165, 1.54) is 0 Å². The van der Waals surface area contributed by atoms with Gasteiger partial charge in [0.2, 0.25) is 0 Å². The Morgan fingerprint density at radius 3 is 2.71 bits per heavy atom. The SMILES string of the molecule is C=CC[C@@H](C)C1=N[C@@H](C(C)(C)C)CO1. The number of hydrogen-bond acceptors (Lipinski definition) is 2. The maximum atomic E-state index is 5.61. The highest BCUT2D eigenvalue weighted by Gasteiger charge is 2.31. The quantitative estimate of drug-likeness (QED) is 0.634. The lowest BCUT2D eigenvalue weighted by Crippen LogP contribution is -2.25. The smallest absolute Gasteiger partial charge is 0.186 e. The van der Waals surface area contributed by atoms with Gasteiger partial charge < -0.3 is 4.74 Å². The number of hydrogen-bond donors (Lipinski definition) is 0. The van der Waals surface area contributed by atoms with Crippen molar-refractivity contribution < 1.29 is 4.74 Å². The highest BCUT2D eigenvalue weighted by Crippen LogP contribution is 2.27. The van der Waals surface area contributed by atoms with Gasteiger partial charge in [0, 0.05) is 5.92 Å². The molecule has 0 saturated carbocycles. The van der Waals surface area contributed by atoms with Gasteiger partial charge >= 0.3 is 0 Å². The number of rotatable bonds is 3. The minimum absolute atomic E-state index is 0.204. The van der Waals surface area contributed by atoms with Crippen molar-refractivity contribution in [2.75, 3.05) is 6.61 Å². The second-order valence-corrected chi connectivity index (χ2v) is 5.09. The van der Waals surface area contributed by atoms with Crippen LogP contribution in [0.3, 0.4) is 0 Å². The maximum absolute atomic E-state index is 5.61. The molecule has 2 heteroatoms. The molecule has 0 radical (unpaired) electrons. The normalized spacial score (nSPS) is 24.0. The summed E-state index contributed by atoms with van der Waals surface area (Å²) in [6.45, 7) is 13.2. The Kier molecular flexibility index (Phi) is 3.35. The standard InChI is InChI=1S/C12H21NO/c1-6-7-9(2)11-13-10(8-14-11)12(3,4)5/h6,9-10H,1,7-8H2,2-5H3/t9-,10-/m1/s1. The molecule has 14 heavy (non-hydrogen) atoms. The van der Waals surface area contributed by atoms with Gasteiger partial charge in [0.15, 0.2) is 5.90 Å². The molecule has 0 aromatic heterocycles. The fourth-order valence-electron chi connectivity index (χ4n) is 1.46. The van der Waals surface area contributed by atoms with Gasteiger partial charge in [0.05, 0.1) is 6.04 Å². The van der Waals surface area contributed by atoms with E-state index in [0.717, 1.165) is 18.9 Å². The van der Waals surface area contributed by atoms with Crippen LogP contribution < -0.4 is 0 Å². The Morgan fingerprint density at radius 1 is 1.64 bits per heavy atom. The molecule has 0 aliphatic carbocycles. The second kappa shape index (κ2) is 4.16. The van der Waals surface area contributed by atoms with Gasteiger partial charge in [0.25, 0.3) is 0 Å². The van der Waals surface area contributed by atoms with Crippen molar-refractivity contribution in [3.05, 3.63) is 12.7 Å². The van der Waals surface area contributed by atoms with E-state index in [-0.39, 0.29) is 5.41 Å². The Hall–Kier alpha value is -0.790. The average Bonchev–Trinajstić information content (AvgIpc) is 2.51. The molecular formula is C12H21NO. The molecule has 1 aliphatic rings. The molecule has 0 aromatic carbocycles. The van der Waals surface area contributed by atoms with E-state index < -0.39 is 0 Å². The predicted molar refractivity (Wildman–Crippen MR) is 60.6 cm³/mol. The highest BCUT2D eigenvalue weighted by atomic mass is 16.5. The third kappa shape index (κ3) is 2.60. The van der Waals surface area contributed by atoms with Crippen LogP contribution in [0, 0.1) is 11.3 Å². The zero-order valence-corrected chi connectivity index (χ0v) is 9.71. The Labute approximate surface area is 87.1 Å². The Balaban J connectivity index is 2.62. The van der Waals surface area contributed by atoms with E-state index in [2.05, 4.69) is 39.3 Å². The molecule has 1 heterocycles. The van der Waals surface area contributed by atoms with Crippen molar-refractivity contribution in [1.29, 1.82) is 0 Å². The fourth-order valence-corrected chi connectivity index (χ4v) is 1.46. The first kappa shape index (κ1) is 11.3. The maximum Gasteiger partial charge on any atom is 0.186 e. The van der Waals surface area contributed by atoms with E-state index in [0.29, 0.717) is 12.0 Å². The summed E-state index contributed by atoms with van der Waals surface area (Å²) in [7, 11) is 0. The summed E-state index contributed by atoms with van der Waals surface area (Å²) >= 11 is 0. The number of ether oxygens (including phenoxy) is 1. The molecule has 1 rings (SSSR count). The van der Waals surface area contributed by atoms with E-state index in [1.807, 2.05) is 6.08 Å². The molecule has 2 atom stereocenters. The van der Waals surface area contributed by atoms with Crippen LogP contribution in [0.2, 0.25) is 0 Å². The van der Waals surface area contributed by atoms with E-state index in [9.17, 15) is 0 Å². The predicted octanol–water partition coefficient (Wildman–Crippen LogP) is 3.04. The zero-order chi connectivity index (χ0) is 10.8. The highest BCUT2D eigenvalue weighted by molar-refractivity contribution is 5.80. The van der Waals surface area contributed by atoms with Gasteiger partial charge in [-0.2, -0.15) is 0 Å². The van der Waals surface area contributed by atoms with Crippen LogP contribution in [0.1, 0.15) is 34.1 Å². The van der Waals surface area contributed by atoms with Crippen molar-refractivity contribution >= 4 is 5.90 Å². The summed E-state index contributed by atoms with van der Waals surface area (Å²) in [6.07, 6.45) is 2.86. The van der Waals surface area contributed by atoms with E-state index in [1.54, 1.807) is 0 Å². The second-order valence-electron chi connectivity index (χ2n) is 5.09. The first-order chi connectivity index (χ1) is 6.45. The van der Waals surface area contributed by atoms with Gasteiger partial charge in [-0.3, -0.25) is 0 Å². The van der Waals surface area contributed by atoms with Crippen molar-refractivity contribution in [2.24, 2.45) is 16.3 Å². The van der Waals surface area contributed by atoms with Crippen LogP contribution in [0.4, 0.5) is 0 Å². The van der Waals surface area contributed by atoms with Crippen LogP contribution >= 0.6 is 0 Å². The summed E-state index contributed by atoms with van der Waals surface area (Å²) in [5.74, 6) is 1.28. The molecule has 80 valence electrons. The van der Waals surface area contributed by atoms with Crippen LogP contribution in [0.15, 0.2) is 17.6 Å². The Morgan fingerprint density at radius 2 is 2.29 bits per heavy atom. The molecule has 0 spiro atoms. The lowest BCUT2D eigenvalue weighted by molar-refractivity contribution is 0.229. The summed E-state index contributed by atoms with van der Waals surface area (Å²) in [4.78, 5) is 4.62. The van der Waals surface area contributed by atoms with Crippen LogP contribution in [-0.4, -0.2) is 18.5 Å². The molecule has 2 nitrogen and oxygen atoms in total. The molecule has 0 saturated heterocycles. The summed E-state index contributed by atoms with van der Waals surface area (Å²) in [5.41, 5.74) is 0.204. The average molecular weight is 195 g/mol. The largest absolute Gasteiger partial charge is 0.478 e. The van der Waals surface area contributed by atoms with Crippen molar-refractivity contribution in [1.82, 2.24) is 0 Å². The molecule has 0 N–H and O–H groups in total. The third-order valence-corrected chi connectivity index (χ3v) is 2.61. The number of allylic oxidation sites excluding steroid dienone is 1. The topological polar surface area (TPSA) is 21.6 Å². The number of aliphatic imine (C=N–C) groups is 1. The minimum Gasteiger partial charge on any atom is -0.478 e. The molecule has 0 aromatic rings. The number of nitrogens with zero attached hydrogens (tertiary/aromatic N) is 1. The molecule has 0 unspecified atom stereocenters. The first-order valence-corrected chi connectivity index (χ1v) is 5.26. The summed E-state index contributed by atoms with van der Waals surface area (Å²) in [6, 6.07) is 0.310. The molecule has 0 bridgehead atoms. The molecular weight excluding hydrogens is 174 g/mol. The van der Waals surface area contributed by atoms with Gasteiger partial charge in [-0.25, -0.2) is 4.99 Å². The van der Waals surface area contributed by atoms with Gasteiger partial charge in [-0.05, 0) is 11.8 Å². The van der Waals surface area contributed by atoms with Crippen LogP contribution in [-0.2, 0) is 4.74 Å². The molecule has 1 aliphatic heterocycles. The third-order valence-electron chi connectivity index (χ3n) is 2.61. The molecule has 0 fully saturated rings. The van der Waals surface area contributed by atoms with Gasteiger partial charge in [-0.1, -0.05) is 33.8 Å². The molecule has 0 amide bonds. The lowest BCUT2D eigenvalue weighted by atomic mass is 9.88. The van der Waals surface area contributed by atoms with E-state index in [4.69, 9.17) is 4.74 Å². The van der Waals surface area contributed by atoms with Crippen molar-refractivity contribution in [2.45, 2.75) is 40.2 Å². The Bertz CT molecular complexity index is 237. The summed E-state index contributed by atoms with van der Waals surface area (Å²) < 4.78 is 5.61. The van der Waals surface area contributed by atoms with Crippen molar-refractivity contribution in [3.63, 3.8) is 0 Å². The van der Waals surface area contributed by atoms with E-state index >= 15 is 0 Å². The first-order valence-electron chi connectivity index (χ1n) is 5.26. The summed E-state index contributed by atoms with van der Waals surface area (Å²) in [5, 5.41) is 0. The van der Waals surface area contributed by atoms with Crippen molar-refractivity contribution in [3.8, 4) is 0 Å². The monoisotopic (exact) mass is 195 g/mol. The fraction of sp³-hybridized carbons (Fsp3) is 0.750. The minimum atomic E-state index is 0.204. The van der Waals surface area contributed by atoms with Crippen LogP contribution in [0.5, 0.6) is 0 Å². The van der Waals surface area contributed by atoms with Gasteiger partial charge in [-0.15, -0.1) is 6.58 Å². The lowest BCUT2D eigenvalue weighted by Gasteiger charge is -2.21. The zero-order valence-electron chi connectivity index (χ0n) is 9.71.